The summed E-state index contributed by atoms with van der Waals surface area (Å²) in [6.07, 6.45) is -0.00660. The molecule has 1 aromatic rings. The molecular weight excluding hydrogens is 207 g/mol. The van der Waals surface area contributed by atoms with Gasteiger partial charge in [-0.3, -0.25) is 0 Å². The molecule has 1 rings (SSSR count). The summed E-state index contributed by atoms with van der Waals surface area (Å²) in [5, 5.41) is 17.7. The van der Waals surface area contributed by atoms with Gasteiger partial charge >= 0.3 is 0 Å². The Kier molecular flexibility index (Phi) is 3.28. The molecule has 0 bridgehead atoms. The number of benzene rings is 1. The molecular formula is C9H8ClFN2O. The van der Waals surface area contributed by atoms with Crippen LogP contribution in [-0.2, 0) is 0 Å². The van der Waals surface area contributed by atoms with Crippen LogP contribution < -0.4 is 5.73 Å². The summed E-state index contributed by atoms with van der Waals surface area (Å²) < 4.78 is 12.9. The van der Waals surface area contributed by atoms with Gasteiger partial charge in [0.25, 0.3) is 0 Å². The predicted octanol–water partition coefficient (Wildman–Crippen LogP) is 2.10. The number of nitriles is 1. The third-order valence-electron chi connectivity index (χ3n) is 1.77. The van der Waals surface area contributed by atoms with E-state index in [1.165, 1.54) is 0 Å². The molecule has 0 amide bonds. The van der Waals surface area contributed by atoms with Crippen LogP contribution in [0, 0.1) is 17.1 Å². The molecule has 3 N–H and O–H groups in total. The molecule has 1 unspecified atom stereocenters. The van der Waals surface area contributed by atoms with Crippen molar-refractivity contribution in [2.24, 2.45) is 5.73 Å². The molecule has 0 heterocycles. The highest BCUT2D eigenvalue weighted by Gasteiger charge is 2.14. The molecule has 1 aromatic carbocycles. The summed E-state index contributed by atoms with van der Waals surface area (Å²) in [6.45, 7) is 0. The highest BCUT2D eigenvalue weighted by molar-refractivity contribution is 6.32. The van der Waals surface area contributed by atoms with Gasteiger partial charge in [0, 0.05) is 11.6 Å². The van der Waals surface area contributed by atoms with Gasteiger partial charge in [-0.2, -0.15) is 5.26 Å². The topological polar surface area (TPSA) is 70.0 Å². The molecule has 0 aliphatic heterocycles. The van der Waals surface area contributed by atoms with Gasteiger partial charge in [0.1, 0.15) is 11.6 Å². The Balaban J connectivity index is 3.14. The van der Waals surface area contributed by atoms with E-state index >= 15 is 0 Å². The lowest BCUT2D eigenvalue weighted by Crippen LogP contribution is -2.09. The van der Waals surface area contributed by atoms with Crippen LogP contribution in [0.4, 0.5) is 4.39 Å². The number of nitrogens with zero attached hydrogens (tertiary/aromatic N) is 1. The number of hydrogen-bond donors (Lipinski definition) is 2. The van der Waals surface area contributed by atoms with E-state index in [0.717, 1.165) is 12.1 Å². The smallest absolute Gasteiger partial charge is 0.139 e. The van der Waals surface area contributed by atoms with Crippen LogP contribution in [0.1, 0.15) is 18.0 Å². The van der Waals surface area contributed by atoms with E-state index in [2.05, 4.69) is 0 Å². The molecule has 5 heteroatoms. The van der Waals surface area contributed by atoms with Crippen LogP contribution >= 0.6 is 11.6 Å². The first-order valence-corrected chi connectivity index (χ1v) is 4.24. The van der Waals surface area contributed by atoms with Crippen molar-refractivity contribution in [2.45, 2.75) is 12.5 Å². The monoisotopic (exact) mass is 214 g/mol. The molecule has 0 aliphatic rings. The number of rotatable bonds is 2. The third-order valence-corrected chi connectivity index (χ3v) is 2.06. The SMILES string of the molecule is N#CCC(N)c1cc(F)cc(Cl)c1O. The van der Waals surface area contributed by atoms with Gasteiger partial charge in [0.15, 0.2) is 0 Å². The lowest BCUT2D eigenvalue weighted by molar-refractivity contribution is 0.459. The van der Waals surface area contributed by atoms with Gasteiger partial charge in [-0.25, -0.2) is 4.39 Å². The van der Waals surface area contributed by atoms with Gasteiger partial charge in [0.2, 0.25) is 0 Å². The standard InChI is InChI=1S/C9H8ClFN2O/c10-7-4-5(11)3-6(9(7)14)8(13)1-2-12/h3-4,8,14H,1,13H2. The fraction of sp³-hybridized carbons (Fsp3) is 0.222. The largest absolute Gasteiger partial charge is 0.506 e. The average molecular weight is 215 g/mol. The molecule has 1 atom stereocenters. The number of hydrogen-bond acceptors (Lipinski definition) is 3. The van der Waals surface area contributed by atoms with Crippen molar-refractivity contribution in [3.8, 4) is 11.8 Å². The van der Waals surface area contributed by atoms with Crippen molar-refractivity contribution in [3.05, 3.63) is 28.5 Å². The quantitative estimate of drug-likeness (QED) is 0.792. The van der Waals surface area contributed by atoms with Crippen LogP contribution in [0.25, 0.3) is 0 Å². The van der Waals surface area contributed by atoms with Gasteiger partial charge in [0.05, 0.1) is 17.5 Å². The second kappa shape index (κ2) is 4.27. The molecule has 0 radical (unpaired) electrons. The third kappa shape index (κ3) is 2.13. The highest BCUT2D eigenvalue weighted by Crippen LogP contribution is 2.32. The van der Waals surface area contributed by atoms with Gasteiger partial charge in [-0.15, -0.1) is 0 Å². The summed E-state index contributed by atoms with van der Waals surface area (Å²) in [4.78, 5) is 0. The molecule has 0 aliphatic carbocycles. The molecule has 0 saturated carbocycles. The minimum absolute atomic E-state index is 0.00660. The summed E-state index contributed by atoms with van der Waals surface area (Å²) >= 11 is 5.53. The predicted molar refractivity (Wildman–Crippen MR) is 50.2 cm³/mol. The zero-order valence-corrected chi connectivity index (χ0v) is 7.92. The fourth-order valence-corrected chi connectivity index (χ4v) is 1.29. The molecule has 0 spiro atoms. The minimum Gasteiger partial charge on any atom is -0.506 e. The highest BCUT2D eigenvalue weighted by atomic mass is 35.5. The molecule has 14 heavy (non-hydrogen) atoms. The van der Waals surface area contributed by atoms with E-state index in [9.17, 15) is 9.50 Å². The Morgan fingerprint density at radius 3 is 2.86 bits per heavy atom. The van der Waals surface area contributed by atoms with Crippen molar-refractivity contribution < 1.29 is 9.50 Å². The van der Waals surface area contributed by atoms with E-state index in [0.29, 0.717) is 0 Å². The van der Waals surface area contributed by atoms with E-state index in [1.54, 1.807) is 0 Å². The number of aromatic hydroxyl groups is 1. The Morgan fingerprint density at radius 1 is 1.64 bits per heavy atom. The summed E-state index contributed by atoms with van der Waals surface area (Å²) in [5.74, 6) is -0.855. The molecule has 0 fully saturated rings. The van der Waals surface area contributed by atoms with E-state index < -0.39 is 11.9 Å². The first-order chi connectivity index (χ1) is 6.56. The molecule has 74 valence electrons. The Bertz CT molecular complexity index is 389. The molecule has 3 nitrogen and oxygen atoms in total. The first kappa shape index (κ1) is 10.8. The minimum atomic E-state index is -0.729. The van der Waals surface area contributed by atoms with Gasteiger partial charge in [-0.05, 0) is 12.1 Å². The van der Waals surface area contributed by atoms with Gasteiger partial charge < -0.3 is 10.8 Å². The van der Waals surface area contributed by atoms with Crippen LogP contribution in [0.5, 0.6) is 5.75 Å². The van der Waals surface area contributed by atoms with Crippen molar-refractivity contribution >= 4 is 11.6 Å². The summed E-state index contributed by atoms with van der Waals surface area (Å²) in [5.41, 5.74) is 5.69. The zero-order chi connectivity index (χ0) is 10.7. The summed E-state index contributed by atoms with van der Waals surface area (Å²) in [6, 6.07) is 3.16. The normalized spacial score (nSPS) is 12.1. The van der Waals surface area contributed by atoms with Crippen LogP contribution in [0.15, 0.2) is 12.1 Å². The number of nitrogens with two attached hydrogens (primary N) is 1. The van der Waals surface area contributed by atoms with Gasteiger partial charge in [-0.1, -0.05) is 11.6 Å². The maximum Gasteiger partial charge on any atom is 0.139 e. The number of phenolic OH excluding ortho intramolecular Hbond substituents is 1. The Hall–Kier alpha value is -1.31. The summed E-state index contributed by atoms with van der Waals surface area (Å²) in [7, 11) is 0. The lowest BCUT2D eigenvalue weighted by atomic mass is 10.0. The maximum absolute atomic E-state index is 12.9. The average Bonchev–Trinajstić information content (AvgIpc) is 2.11. The van der Waals surface area contributed by atoms with Crippen molar-refractivity contribution in [1.82, 2.24) is 0 Å². The van der Waals surface area contributed by atoms with E-state index in [-0.39, 0.29) is 22.8 Å². The number of halogens is 2. The molecule has 0 saturated heterocycles. The van der Waals surface area contributed by atoms with Crippen molar-refractivity contribution in [3.63, 3.8) is 0 Å². The fourth-order valence-electron chi connectivity index (χ4n) is 1.08. The second-order valence-electron chi connectivity index (χ2n) is 2.79. The van der Waals surface area contributed by atoms with Crippen LogP contribution in [-0.4, -0.2) is 5.11 Å². The second-order valence-corrected chi connectivity index (χ2v) is 3.20. The Labute approximate surface area is 85.5 Å². The maximum atomic E-state index is 12.9. The van der Waals surface area contributed by atoms with Crippen molar-refractivity contribution in [2.75, 3.05) is 0 Å². The van der Waals surface area contributed by atoms with Crippen LogP contribution in [0.2, 0.25) is 5.02 Å². The first-order valence-electron chi connectivity index (χ1n) is 3.86. The Morgan fingerprint density at radius 2 is 2.29 bits per heavy atom. The van der Waals surface area contributed by atoms with Crippen molar-refractivity contribution in [1.29, 1.82) is 5.26 Å². The van der Waals surface area contributed by atoms with E-state index in [1.807, 2.05) is 6.07 Å². The number of phenols is 1. The van der Waals surface area contributed by atoms with E-state index in [4.69, 9.17) is 22.6 Å². The van der Waals surface area contributed by atoms with Crippen LogP contribution in [0.3, 0.4) is 0 Å². The zero-order valence-electron chi connectivity index (χ0n) is 7.17. The molecule has 0 aromatic heterocycles. The lowest BCUT2D eigenvalue weighted by Gasteiger charge is -2.11.